The van der Waals surface area contributed by atoms with Crippen LogP contribution in [0.1, 0.15) is 21.5 Å². The van der Waals surface area contributed by atoms with Gasteiger partial charge in [0.2, 0.25) is 0 Å². The number of benzene rings is 2. The second-order valence-corrected chi connectivity index (χ2v) is 8.71. The minimum Gasteiger partial charge on any atom is -0.379 e. The molecule has 1 saturated heterocycles. The van der Waals surface area contributed by atoms with Crippen LogP contribution < -0.4 is 4.90 Å². The summed E-state index contributed by atoms with van der Waals surface area (Å²) in [5, 5.41) is 1.17. The van der Waals surface area contributed by atoms with Gasteiger partial charge in [-0.1, -0.05) is 35.1 Å². The van der Waals surface area contributed by atoms with Crippen LogP contribution in [0, 0.1) is 13.8 Å². The highest BCUT2D eigenvalue weighted by atomic mass is 35.5. The third-order valence-corrected chi connectivity index (χ3v) is 6.69. The SMILES string of the molecule is Cc1cc2nc(N(CCN3CCOCC3)C(=O)c3ccccc3Cl)sc2cc1C. The van der Waals surface area contributed by atoms with Crippen LogP contribution in [-0.2, 0) is 4.74 Å². The summed E-state index contributed by atoms with van der Waals surface area (Å²) in [6.45, 7) is 8.74. The molecule has 29 heavy (non-hydrogen) atoms. The van der Waals surface area contributed by atoms with Crippen LogP contribution in [0.2, 0.25) is 5.02 Å². The number of carbonyl (C=O) groups excluding carboxylic acids is 1. The van der Waals surface area contributed by atoms with Gasteiger partial charge in [0, 0.05) is 26.2 Å². The third-order valence-electron chi connectivity index (χ3n) is 5.32. The van der Waals surface area contributed by atoms with Gasteiger partial charge >= 0.3 is 0 Å². The normalized spacial score (nSPS) is 15.0. The van der Waals surface area contributed by atoms with Gasteiger partial charge in [-0.15, -0.1) is 0 Å². The Hall–Kier alpha value is -1.99. The van der Waals surface area contributed by atoms with E-state index >= 15 is 0 Å². The van der Waals surface area contributed by atoms with Crippen molar-refractivity contribution in [1.82, 2.24) is 9.88 Å². The molecule has 1 aromatic heterocycles. The summed E-state index contributed by atoms with van der Waals surface area (Å²) in [4.78, 5) is 22.3. The summed E-state index contributed by atoms with van der Waals surface area (Å²) in [5.41, 5.74) is 3.86. The number of hydrogen-bond donors (Lipinski definition) is 0. The maximum absolute atomic E-state index is 13.4. The first-order chi connectivity index (χ1) is 14.0. The maximum Gasteiger partial charge on any atom is 0.261 e. The van der Waals surface area contributed by atoms with E-state index < -0.39 is 0 Å². The van der Waals surface area contributed by atoms with E-state index in [1.807, 2.05) is 12.1 Å². The van der Waals surface area contributed by atoms with E-state index in [4.69, 9.17) is 21.3 Å². The van der Waals surface area contributed by atoms with Gasteiger partial charge in [-0.05, 0) is 49.2 Å². The molecule has 0 saturated carbocycles. The van der Waals surface area contributed by atoms with E-state index in [9.17, 15) is 4.79 Å². The summed E-state index contributed by atoms with van der Waals surface area (Å²) >= 11 is 7.88. The highest BCUT2D eigenvalue weighted by molar-refractivity contribution is 7.22. The summed E-state index contributed by atoms with van der Waals surface area (Å²) < 4.78 is 6.53. The Morgan fingerprint density at radius 3 is 2.69 bits per heavy atom. The van der Waals surface area contributed by atoms with Gasteiger partial charge in [0.05, 0.1) is 34.0 Å². The van der Waals surface area contributed by atoms with Crippen LogP contribution in [0.5, 0.6) is 0 Å². The second kappa shape index (κ2) is 8.79. The smallest absolute Gasteiger partial charge is 0.261 e. The lowest BCUT2D eigenvalue weighted by atomic mass is 10.1. The molecule has 1 aliphatic heterocycles. The van der Waals surface area contributed by atoms with Gasteiger partial charge in [-0.3, -0.25) is 14.6 Å². The van der Waals surface area contributed by atoms with E-state index in [0.717, 1.165) is 43.1 Å². The lowest BCUT2D eigenvalue weighted by Crippen LogP contribution is -2.43. The van der Waals surface area contributed by atoms with Crippen LogP contribution in [-0.4, -0.2) is 55.2 Å². The number of nitrogens with zero attached hydrogens (tertiary/aromatic N) is 3. The molecular weight excluding hydrogens is 406 g/mol. The quantitative estimate of drug-likeness (QED) is 0.597. The first kappa shape index (κ1) is 20.3. The number of morpholine rings is 1. The van der Waals surface area contributed by atoms with Crippen LogP contribution in [0.4, 0.5) is 5.13 Å². The minimum atomic E-state index is -0.114. The Kier molecular flexibility index (Phi) is 6.15. The molecule has 2 heterocycles. The zero-order chi connectivity index (χ0) is 20.4. The molecule has 0 N–H and O–H groups in total. The number of aromatic nitrogens is 1. The van der Waals surface area contributed by atoms with Crippen molar-refractivity contribution in [2.45, 2.75) is 13.8 Å². The molecule has 0 spiro atoms. The van der Waals surface area contributed by atoms with Crippen molar-refractivity contribution in [3.05, 3.63) is 58.1 Å². The number of fused-ring (bicyclic) bond motifs is 1. The van der Waals surface area contributed by atoms with E-state index in [1.54, 1.807) is 28.4 Å². The van der Waals surface area contributed by atoms with Gasteiger partial charge in [0.15, 0.2) is 5.13 Å². The topological polar surface area (TPSA) is 45.7 Å². The number of anilines is 1. The van der Waals surface area contributed by atoms with Crippen LogP contribution in [0.15, 0.2) is 36.4 Å². The summed E-state index contributed by atoms with van der Waals surface area (Å²) in [6, 6.07) is 11.4. The molecule has 4 rings (SSSR count). The average Bonchev–Trinajstić information content (AvgIpc) is 3.11. The van der Waals surface area contributed by atoms with Crippen molar-refractivity contribution >= 4 is 44.2 Å². The predicted molar refractivity (Wildman–Crippen MR) is 119 cm³/mol. The molecule has 0 radical (unpaired) electrons. The fourth-order valence-electron chi connectivity index (χ4n) is 3.41. The Morgan fingerprint density at radius 1 is 1.21 bits per heavy atom. The second-order valence-electron chi connectivity index (χ2n) is 7.29. The largest absolute Gasteiger partial charge is 0.379 e. The molecule has 0 aliphatic carbocycles. The summed E-state index contributed by atoms with van der Waals surface area (Å²) in [6.07, 6.45) is 0. The Labute approximate surface area is 179 Å². The van der Waals surface area contributed by atoms with Crippen molar-refractivity contribution in [3.63, 3.8) is 0 Å². The number of amides is 1. The molecule has 0 bridgehead atoms. The van der Waals surface area contributed by atoms with E-state index in [-0.39, 0.29) is 5.91 Å². The summed E-state index contributed by atoms with van der Waals surface area (Å²) in [5.74, 6) is -0.114. The number of carbonyl (C=O) groups is 1. The number of halogens is 1. The number of rotatable bonds is 5. The molecule has 0 atom stereocenters. The zero-order valence-electron chi connectivity index (χ0n) is 16.7. The van der Waals surface area contributed by atoms with Gasteiger partial charge in [-0.25, -0.2) is 4.98 Å². The van der Waals surface area contributed by atoms with E-state index in [0.29, 0.717) is 22.3 Å². The average molecular weight is 430 g/mol. The molecule has 3 aromatic rings. The molecular formula is C22H24ClN3O2S. The van der Waals surface area contributed by atoms with Gasteiger partial charge in [0.1, 0.15) is 0 Å². The Morgan fingerprint density at radius 2 is 1.93 bits per heavy atom. The van der Waals surface area contributed by atoms with E-state index in [1.165, 1.54) is 11.1 Å². The highest BCUT2D eigenvalue weighted by Gasteiger charge is 2.24. The van der Waals surface area contributed by atoms with Crippen LogP contribution in [0.25, 0.3) is 10.2 Å². The number of hydrogen-bond acceptors (Lipinski definition) is 5. The standard InChI is InChI=1S/C22H24ClN3O2S/c1-15-13-19-20(14-16(15)2)29-22(24-19)26(8-7-25-9-11-28-12-10-25)21(27)17-5-3-4-6-18(17)23/h3-6,13-14H,7-12H2,1-2H3. The first-order valence-electron chi connectivity index (χ1n) is 9.77. The first-order valence-corrected chi connectivity index (χ1v) is 11.0. The zero-order valence-corrected chi connectivity index (χ0v) is 18.2. The molecule has 0 unspecified atom stereocenters. The Balaban J connectivity index is 1.67. The van der Waals surface area contributed by atoms with Crippen molar-refractivity contribution in [2.24, 2.45) is 0 Å². The molecule has 152 valence electrons. The van der Waals surface area contributed by atoms with E-state index in [2.05, 4.69) is 30.9 Å². The molecule has 2 aromatic carbocycles. The van der Waals surface area contributed by atoms with Crippen LogP contribution >= 0.6 is 22.9 Å². The van der Waals surface area contributed by atoms with Crippen molar-refractivity contribution in [1.29, 1.82) is 0 Å². The molecule has 1 aliphatic rings. The number of thiazole rings is 1. The molecule has 7 heteroatoms. The van der Waals surface area contributed by atoms with Gasteiger partial charge in [-0.2, -0.15) is 0 Å². The Bertz CT molecular complexity index is 991. The minimum absolute atomic E-state index is 0.114. The highest BCUT2D eigenvalue weighted by Crippen LogP contribution is 2.32. The summed E-state index contributed by atoms with van der Waals surface area (Å²) in [7, 11) is 0. The van der Waals surface area contributed by atoms with Crippen molar-refractivity contribution in [3.8, 4) is 0 Å². The third kappa shape index (κ3) is 4.46. The van der Waals surface area contributed by atoms with Gasteiger partial charge in [0.25, 0.3) is 5.91 Å². The lowest BCUT2D eigenvalue weighted by molar-refractivity contribution is 0.0391. The molecule has 5 nitrogen and oxygen atoms in total. The lowest BCUT2D eigenvalue weighted by Gasteiger charge is -2.29. The van der Waals surface area contributed by atoms with Gasteiger partial charge < -0.3 is 4.74 Å². The van der Waals surface area contributed by atoms with Crippen LogP contribution in [0.3, 0.4) is 0 Å². The number of aryl methyl sites for hydroxylation is 2. The number of ether oxygens (including phenoxy) is 1. The van der Waals surface area contributed by atoms with Crippen molar-refractivity contribution < 1.29 is 9.53 Å². The monoisotopic (exact) mass is 429 g/mol. The fraction of sp³-hybridized carbons (Fsp3) is 0.364. The molecule has 1 amide bonds. The molecule has 1 fully saturated rings. The van der Waals surface area contributed by atoms with Crippen molar-refractivity contribution in [2.75, 3.05) is 44.3 Å². The maximum atomic E-state index is 13.4. The fourth-order valence-corrected chi connectivity index (χ4v) is 4.70. The predicted octanol–water partition coefficient (Wildman–Crippen LogP) is 4.55.